The van der Waals surface area contributed by atoms with Gasteiger partial charge in [-0.2, -0.15) is 9.97 Å². The fourth-order valence-corrected chi connectivity index (χ4v) is 4.68. The summed E-state index contributed by atoms with van der Waals surface area (Å²) in [5.41, 5.74) is 2.93. The van der Waals surface area contributed by atoms with Gasteiger partial charge in [-0.05, 0) is 37.5 Å². The normalized spacial score (nSPS) is 19.8. The van der Waals surface area contributed by atoms with Crippen molar-refractivity contribution in [3.05, 3.63) is 24.4 Å². The van der Waals surface area contributed by atoms with Crippen molar-refractivity contribution >= 4 is 33.9 Å². The topological polar surface area (TPSA) is 123 Å². The Balaban J connectivity index is 1.42. The Morgan fingerprint density at radius 1 is 1.34 bits per heavy atom. The summed E-state index contributed by atoms with van der Waals surface area (Å²) in [5.74, 6) is 0.844. The highest BCUT2D eigenvalue weighted by atomic mass is 19.3. The van der Waals surface area contributed by atoms with Gasteiger partial charge in [-0.1, -0.05) is 18.2 Å². The van der Waals surface area contributed by atoms with Gasteiger partial charge >= 0.3 is 0 Å². The number of fused-ring (bicyclic) bond motifs is 2. The lowest BCUT2D eigenvalue weighted by Crippen LogP contribution is -2.59. The number of amides is 1. The minimum Gasteiger partial charge on any atom is -0.480 e. The number of carbonyl (C=O) groups excluding carboxylic acids is 1. The van der Waals surface area contributed by atoms with Gasteiger partial charge in [-0.15, -0.1) is 5.10 Å². The number of alkyl halides is 2. The third-order valence-electron chi connectivity index (χ3n) is 6.32. The van der Waals surface area contributed by atoms with E-state index in [2.05, 4.69) is 35.9 Å². The number of halogens is 2. The number of hydrogen-bond donors (Lipinski definition) is 3. The molecule has 0 unspecified atom stereocenters. The molecule has 3 aromatic heterocycles. The lowest BCUT2D eigenvalue weighted by Gasteiger charge is -2.45. The molecule has 4 aromatic rings. The SMILES string of the molecule is CCC(=O)NC1(C)CC(Nc2nc(OC)c3c(-c4ccc5nnn(CC(F)F)c5c4)c[nH]c3n2)C1. The standard InChI is InChI=1S/C23H26F2N8O2/c1-4-18(34)30-23(2)8-13(9-23)27-22-28-20-19(21(29-22)35-3)14(10-26-20)12-5-6-15-16(7-12)33(32-31-15)11-17(24)25/h5-7,10,13,17H,4,8-9,11H2,1-3H3,(H,30,34)(H2,26,27,28,29). The lowest BCUT2D eigenvalue weighted by atomic mass is 9.74. The summed E-state index contributed by atoms with van der Waals surface area (Å²) in [6.45, 7) is 3.33. The number of aromatic nitrogens is 6. The number of ether oxygens (including phenoxy) is 1. The number of benzene rings is 1. The Hall–Kier alpha value is -3.83. The maximum atomic E-state index is 12.9. The van der Waals surface area contributed by atoms with Crippen molar-refractivity contribution in [3.8, 4) is 17.0 Å². The zero-order valence-corrected chi connectivity index (χ0v) is 19.6. The highest BCUT2D eigenvalue weighted by molar-refractivity contribution is 5.99. The van der Waals surface area contributed by atoms with Crippen LogP contribution in [0.5, 0.6) is 5.88 Å². The number of aromatic amines is 1. The monoisotopic (exact) mass is 484 g/mol. The van der Waals surface area contributed by atoms with E-state index >= 15 is 0 Å². The predicted octanol–water partition coefficient (Wildman–Crippen LogP) is 3.50. The molecule has 1 saturated carbocycles. The van der Waals surface area contributed by atoms with E-state index in [0.717, 1.165) is 24.0 Å². The Labute approximate surface area is 199 Å². The molecule has 3 N–H and O–H groups in total. The average molecular weight is 485 g/mol. The minimum atomic E-state index is -2.53. The molecule has 1 aromatic carbocycles. The maximum absolute atomic E-state index is 12.9. The van der Waals surface area contributed by atoms with Crippen molar-refractivity contribution in [3.63, 3.8) is 0 Å². The summed E-state index contributed by atoms with van der Waals surface area (Å²) in [6, 6.07) is 5.48. The number of rotatable bonds is 8. The second-order valence-electron chi connectivity index (χ2n) is 9.06. The molecule has 1 aliphatic carbocycles. The van der Waals surface area contributed by atoms with E-state index in [0.29, 0.717) is 40.3 Å². The van der Waals surface area contributed by atoms with Gasteiger partial charge in [0.2, 0.25) is 17.7 Å². The van der Waals surface area contributed by atoms with E-state index in [1.54, 1.807) is 18.3 Å². The van der Waals surface area contributed by atoms with Gasteiger partial charge < -0.3 is 20.4 Å². The first kappa shape index (κ1) is 22.9. The molecule has 10 nitrogen and oxygen atoms in total. The molecular weight excluding hydrogens is 458 g/mol. The molecule has 0 radical (unpaired) electrons. The van der Waals surface area contributed by atoms with Crippen LogP contribution < -0.4 is 15.4 Å². The zero-order valence-electron chi connectivity index (χ0n) is 19.6. The van der Waals surface area contributed by atoms with Gasteiger partial charge in [0.25, 0.3) is 6.43 Å². The Kier molecular flexibility index (Phi) is 5.73. The molecule has 0 spiro atoms. The second kappa shape index (κ2) is 8.75. The van der Waals surface area contributed by atoms with E-state index < -0.39 is 13.0 Å². The first-order valence-corrected chi connectivity index (χ1v) is 11.4. The summed E-state index contributed by atoms with van der Waals surface area (Å²) in [4.78, 5) is 24.1. The molecule has 3 heterocycles. The molecule has 184 valence electrons. The highest BCUT2D eigenvalue weighted by Crippen LogP contribution is 2.37. The molecule has 35 heavy (non-hydrogen) atoms. The van der Waals surface area contributed by atoms with E-state index in [-0.39, 0.29) is 17.5 Å². The van der Waals surface area contributed by atoms with Crippen LogP contribution in [0.4, 0.5) is 14.7 Å². The Morgan fingerprint density at radius 3 is 2.86 bits per heavy atom. The number of nitrogens with zero attached hydrogens (tertiary/aromatic N) is 5. The van der Waals surface area contributed by atoms with Crippen LogP contribution in [0.2, 0.25) is 0 Å². The first-order valence-electron chi connectivity index (χ1n) is 11.4. The largest absolute Gasteiger partial charge is 0.480 e. The summed E-state index contributed by atoms with van der Waals surface area (Å²) in [6.07, 6.45) is 1.23. The molecule has 1 fully saturated rings. The van der Waals surface area contributed by atoms with Crippen LogP contribution in [-0.2, 0) is 11.3 Å². The maximum Gasteiger partial charge on any atom is 0.258 e. The minimum absolute atomic E-state index is 0.0374. The number of carbonyl (C=O) groups is 1. The van der Waals surface area contributed by atoms with Crippen LogP contribution in [0.25, 0.3) is 33.2 Å². The summed E-state index contributed by atoms with van der Waals surface area (Å²) in [7, 11) is 1.54. The van der Waals surface area contributed by atoms with Crippen molar-refractivity contribution in [1.29, 1.82) is 0 Å². The molecule has 0 saturated heterocycles. The number of hydrogen-bond acceptors (Lipinski definition) is 7. The third kappa shape index (κ3) is 4.35. The van der Waals surface area contributed by atoms with Crippen molar-refractivity contribution in [2.45, 2.75) is 57.7 Å². The van der Waals surface area contributed by atoms with Crippen LogP contribution in [0.1, 0.15) is 33.1 Å². The van der Waals surface area contributed by atoms with Gasteiger partial charge in [0.1, 0.15) is 17.7 Å². The molecular formula is C23H26F2N8O2. The number of anilines is 1. The third-order valence-corrected chi connectivity index (χ3v) is 6.32. The van der Waals surface area contributed by atoms with Gasteiger partial charge in [0.05, 0.1) is 18.0 Å². The van der Waals surface area contributed by atoms with E-state index in [9.17, 15) is 13.6 Å². The van der Waals surface area contributed by atoms with Gasteiger partial charge in [-0.25, -0.2) is 13.5 Å². The van der Waals surface area contributed by atoms with Crippen molar-refractivity contribution in [2.75, 3.05) is 12.4 Å². The van der Waals surface area contributed by atoms with Crippen LogP contribution in [0.15, 0.2) is 24.4 Å². The molecule has 1 amide bonds. The van der Waals surface area contributed by atoms with Crippen LogP contribution >= 0.6 is 0 Å². The first-order chi connectivity index (χ1) is 16.8. The van der Waals surface area contributed by atoms with Gasteiger partial charge in [0.15, 0.2) is 0 Å². The second-order valence-corrected chi connectivity index (χ2v) is 9.06. The molecule has 5 rings (SSSR count). The van der Waals surface area contributed by atoms with E-state index in [1.807, 2.05) is 19.9 Å². The number of methoxy groups -OCH3 is 1. The average Bonchev–Trinajstić information content (AvgIpc) is 3.41. The van der Waals surface area contributed by atoms with Gasteiger partial charge in [0, 0.05) is 29.8 Å². The molecule has 0 aliphatic heterocycles. The number of nitrogens with one attached hydrogen (secondary N) is 3. The summed E-state index contributed by atoms with van der Waals surface area (Å²) < 4.78 is 32.6. The van der Waals surface area contributed by atoms with Crippen LogP contribution in [0.3, 0.4) is 0 Å². The van der Waals surface area contributed by atoms with Crippen LogP contribution in [-0.4, -0.2) is 61.0 Å². The van der Waals surface area contributed by atoms with Gasteiger partial charge in [-0.3, -0.25) is 4.79 Å². The van der Waals surface area contributed by atoms with E-state index in [1.165, 1.54) is 11.8 Å². The smallest absolute Gasteiger partial charge is 0.258 e. The number of H-pyrrole nitrogens is 1. The molecule has 12 heteroatoms. The molecule has 0 bridgehead atoms. The highest BCUT2D eigenvalue weighted by Gasteiger charge is 2.41. The Bertz CT molecular complexity index is 1390. The Morgan fingerprint density at radius 2 is 2.14 bits per heavy atom. The fraction of sp³-hybridized carbons (Fsp3) is 0.435. The summed E-state index contributed by atoms with van der Waals surface area (Å²) >= 11 is 0. The molecule has 0 atom stereocenters. The van der Waals surface area contributed by atoms with Crippen molar-refractivity contribution in [2.24, 2.45) is 0 Å². The fourth-order valence-electron chi connectivity index (χ4n) is 4.68. The van der Waals surface area contributed by atoms with Crippen LogP contribution in [0, 0.1) is 0 Å². The zero-order chi connectivity index (χ0) is 24.7. The lowest BCUT2D eigenvalue weighted by molar-refractivity contribution is -0.123. The van der Waals surface area contributed by atoms with Crippen molar-refractivity contribution < 1.29 is 18.3 Å². The summed E-state index contributed by atoms with van der Waals surface area (Å²) in [5, 5.41) is 14.9. The molecule has 1 aliphatic rings. The van der Waals surface area contributed by atoms with Crippen molar-refractivity contribution in [1.82, 2.24) is 35.3 Å². The predicted molar refractivity (Wildman–Crippen MR) is 126 cm³/mol. The van der Waals surface area contributed by atoms with E-state index in [4.69, 9.17) is 4.74 Å². The quantitative estimate of drug-likeness (QED) is 0.350.